The summed E-state index contributed by atoms with van der Waals surface area (Å²) < 4.78 is 10.4. The van der Waals surface area contributed by atoms with Gasteiger partial charge in [0.1, 0.15) is 0 Å². The van der Waals surface area contributed by atoms with E-state index < -0.39 is 5.91 Å². The van der Waals surface area contributed by atoms with Crippen molar-refractivity contribution in [1.82, 2.24) is 5.43 Å². The lowest BCUT2D eigenvalue weighted by Crippen LogP contribution is -2.19. The second kappa shape index (κ2) is 8.04. The first-order chi connectivity index (χ1) is 11.5. The van der Waals surface area contributed by atoms with Gasteiger partial charge in [0, 0.05) is 10.6 Å². The molecule has 24 heavy (non-hydrogen) atoms. The summed E-state index contributed by atoms with van der Waals surface area (Å²) in [4.78, 5) is 12.1. The van der Waals surface area contributed by atoms with Gasteiger partial charge in [-0.1, -0.05) is 23.2 Å². The number of hydrazone groups is 1. The minimum atomic E-state index is -0.420. The van der Waals surface area contributed by atoms with E-state index in [1.165, 1.54) is 6.07 Å². The Hall–Kier alpha value is -2.24. The lowest BCUT2D eigenvalue weighted by molar-refractivity contribution is 0.0955. The lowest BCUT2D eigenvalue weighted by Gasteiger charge is -2.09. The molecule has 0 spiro atoms. The second-order valence-electron chi connectivity index (χ2n) is 4.83. The topological polar surface area (TPSA) is 59.9 Å². The average Bonchev–Trinajstić information content (AvgIpc) is 2.58. The second-order valence-corrected chi connectivity index (χ2v) is 5.68. The van der Waals surface area contributed by atoms with E-state index in [1.54, 1.807) is 45.4 Å². The molecule has 0 aliphatic rings. The Morgan fingerprint density at radius 2 is 1.75 bits per heavy atom. The highest BCUT2D eigenvalue weighted by molar-refractivity contribution is 6.36. The number of nitrogens with zero attached hydrogens (tertiary/aromatic N) is 1. The summed E-state index contributed by atoms with van der Waals surface area (Å²) >= 11 is 11.8. The zero-order chi connectivity index (χ0) is 17.7. The van der Waals surface area contributed by atoms with Crippen molar-refractivity contribution in [2.45, 2.75) is 6.92 Å². The van der Waals surface area contributed by atoms with Crippen molar-refractivity contribution in [3.63, 3.8) is 0 Å². The van der Waals surface area contributed by atoms with Crippen LogP contribution in [0.2, 0.25) is 10.0 Å². The summed E-state index contributed by atoms with van der Waals surface area (Å²) in [6, 6.07) is 10.0. The van der Waals surface area contributed by atoms with Gasteiger partial charge in [0.15, 0.2) is 11.5 Å². The standard InChI is InChI=1S/C17H16Cl2N2O3/c1-10(11-4-7-15(23-2)16(8-11)24-3)20-21-17(22)13-6-5-12(18)9-14(13)19/h4-9H,1-3H3,(H,21,22). The van der Waals surface area contributed by atoms with Crippen molar-refractivity contribution < 1.29 is 14.3 Å². The molecule has 5 nitrogen and oxygen atoms in total. The molecule has 2 aromatic carbocycles. The van der Waals surface area contributed by atoms with E-state index in [4.69, 9.17) is 32.7 Å². The van der Waals surface area contributed by atoms with Crippen LogP contribution in [-0.4, -0.2) is 25.8 Å². The number of carbonyl (C=O) groups is 1. The number of rotatable bonds is 5. The molecule has 0 aromatic heterocycles. The van der Waals surface area contributed by atoms with Crippen molar-refractivity contribution in [2.75, 3.05) is 14.2 Å². The average molecular weight is 367 g/mol. The van der Waals surface area contributed by atoms with Crippen LogP contribution in [-0.2, 0) is 0 Å². The number of halogens is 2. The maximum atomic E-state index is 12.1. The predicted molar refractivity (Wildman–Crippen MR) is 95.7 cm³/mol. The maximum Gasteiger partial charge on any atom is 0.272 e. The Morgan fingerprint density at radius 1 is 1.04 bits per heavy atom. The Bertz CT molecular complexity index is 791. The molecule has 0 bridgehead atoms. The Kier molecular flexibility index (Phi) is 6.06. The maximum absolute atomic E-state index is 12.1. The lowest BCUT2D eigenvalue weighted by atomic mass is 10.1. The Labute approximate surface area is 150 Å². The number of hydrogen-bond acceptors (Lipinski definition) is 4. The highest BCUT2D eigenvalue weighted by Crippen LogP contribution is 2.27. The van der Waals surface area contributed by atoms with Crippen LogP contribution >= 0.6 is 23.2 Å². The van der Waals surface area contributed by atoms with Crippen LogP contribution in [0.15, 0.2) is 41.5 Å². The highest BCUT2D eigenvalue weighted by Gasteiger charge is 2.11. The third-order valence-electron chi connectivity index (χ3n) is 3.30. The van der Waals surface area contributed by atoms with Gasteiger partial charge in [0.2, 0.25) is 0 Å². The first-order valence-corrected chi connectivity index (χ1v) is 7.74. The molecule has 7 heteroatoms. The van der Waals surface area contributed by atoms with Crippen molar-refractivity contribution in [2.24, 2.45) is 5.10 Å². The first-order valence-electron chi connectivity index (χ1n) is 6.98. The number of hydrogen-bond donors (Lipinski definition) is 1. The molecule has 0 unspecified atom stereocenters. The number of nitrogens with one attached hydrogen (secondary N) is 1. The van der Waals surface area contributed by atoms with E-state index in [9.17, 15) is 4.79 Å². The SMILES string of the molecule is COc1ccc(C(C)=NNC(=O)c2ccc(Cl)cc2Cl)cc1OC. The molecular weight excluding hydrogens is 351 g/mol. The quantitative estimate of drug-likeness (QED) is 0.638. The van der Waals surface area contributed by atoms with E-state index in [0.717, 1.165) is 5.56 Å². The predicted octanol–water partition coefficient (Wildman–Crippen LogP) is 4.16. The monoisotopic (exact) mass is 366 g/mol. The van der Waals surface area contributed by atoms with Crippen LogP contribution in [0.3, 0.4) is 0 Å². The molecule has 0 saturated heterocycles. The van der Waals surface area contributed by atoms with Crippen molar-refractivity contribution in [3.05, 3.63) is 57.6 Å². The molecule has 0 atom stereocenters. The van der Waals surface area contributed by atoms with Crippen LogP contribution < -0.4 is 14.9 Å². The molecule has 0 aliphatic carbocycles. The van der Waals surface area contributed by atoms with E-state index in [-0.39, 0.29) is 5.02 Å². The summed E-state index contributed by atoms with van der Waals surface area (Å²) in [5.41, 5.74) is 4.16. The number of benzene rings is 2. The molecule has 0 aliphatic heterocycles. The zero-order valence-electron chi connectivity index (χ0n) is 13.4. The third kappa shape index (κ3) is 4.19. The molecule has 0 radical (unpaired) electrons. The van der Waals surface area contributed by atoms with E-state index in [1.807, 2.05) is 6.07 Å². The zero-order valence-corrected chi connectivity index (χ0v) is 14.9. The van der Waals surface area contributed by atoms with Gasteiger partial charge in [-0.3, -0.25) is 4.79 Å². The molecule has 126 valence electrons. The summed E-state index contributed by atoms with van der Waals surface area (Å²) in [5.74, 6) is 0.777. The number of amides is 1. The molecule has 1 N–H and O–H groups in total. The van der Waals surface area contributed by atoms with Gasteiger partial charge in [-0.05, 0) is 43.3 Å². The number of methoxy groups -OCH3 is 2. The summed E-state index contributed by atoms with van der Waals surface area (Å²) in [6.07, 6.45) is 0. The van der Waals surface area contributed by atoms with Crippen molar-refractivity contribution in [3.8, 4) is 11.5 Å². The highest BCUT2D eigenvalue weighted by atomic mass is 35.5. The molecule has 0 heterocycles. The molecular formula is C17H16Cl2N2O3. The van der Waals surface area contributed by atoms with E-state index in [2.05, 4.69) is 10.5 Å². The van der Waals surface area contributed by atoms with Crippen molar-refractivity contribution in [1.29, 1.82) is 0 Å². The first kappa shape index (κ1) is 18.1. The van der Waals surface area contributed by atoms with Gasteiger partial charge < -0.3 is 9.47 Å². The smallest absolute Gasteiger partial charge is 0.272 e. The Morgan fingerprint density at radius 3 is 2.38 bits per heavy atom. The number of carbonyl (C=O) groups excluding carboxylic acids is 1. The van der Waals surface area contributed by atoms with Gasteiger partial charge in [-0.25, -0.2) is 5.43 Å². The fourth-order valence-corrected chi connectivity index (χ4v) is 2.49. The molecule has 0 fully saturated rings. The summed E-state index contributed by atoms with van der Waals surface area (Å²) in [6.45, 7) is 1.77. The fourth-order valence-electron chi connectivity index (χ4n) is 1.99. The number of ether oxygens (including phenoxy) is 2. The van der Waals surface area contributed by atoms with Crippen LogP contribution in [0, 0.1) is 0 Å². The van der Waals surface area contributed by atoms with Crippen LogP contribution in [0.1, 0.15) is 22.8 Å². The molecule has 2 aromatic rings. The van der Waals surface area contributed by atoms with E-state index >= 15 is 0 Å². The van der Waals surface area contributed by atoms with Gasteiger partial charge in [0.05, 0.1) is 30.5 Å². The molecule has 1 amide bonds. The van der Waals surface area contributed by atoms with Crippen LogP contribution in [0.4, 0.5) is 0 Å². The van der Waals surface area contributed by atoms with Gasteiger partial charge in [-0.2, -0.15) is 5.10 Å². The van der Waals surface area contributed by atoms with Crippen LogP contribution in [0.5, 0.6) is 11.5 Å². The largest absolute Gasteiger partial charge is 0.493 e. The van der Waals surface area contributed by atoms with E-state index in [0.29, 0.717) is 27.8 Å². The van der Waals surface area contributed by atoms with Crippen molar-refractivity contribution >= 4 is 34.8 Å². The van der Waals surface area contributed by atoms with Gasteiger partial charge >= 0.3 is 0 Å². The van der Waals surface area contributed by atoms with Crippen LogP contribution in [0.25, 0.3) is 0 Å². The fraction of sp³-hybridized carbons (Fsp3) is 0.176. The van der Waals surface area contributed by atoms with Gasteiger partial charge in [-0.15, -0.1) is 0 Å². The minimum Gasteiger partial charge on any atom is -0.493 e. The third-order valence-corrected chi connectivity index (χ3v) is 3.85. The Balaban J connectivity index is 2.18. The molecule has 0 saturated carbocycles. The summed E-state index contributed by atoms with van der Waals surface area (Å²) in [7, 11) is 3.12. The normalized spacial score (nSPS) is 11.1. The minimum absolute atomic E-state index is 0.263. The molecule has 2 rings (SSSR count). The summed E-state index contributed by atoms with van der Waals surface area (Å²) in [5, 5.41) is 4.82. The van der Waals surface area contributed by atoms with Gasteiger partial charge in [0.25, 0.3) is 5.91 Å².